The minimum Gasteiger partial charge on any atom is -0.378 e. The zero-order valence-electron chi connectivity index (χ0n) is 16.9. The van der Waals surface area contributed by atoms with Gasteiger partial charge in [-0.1, -0.05) is 34.5 Å². The molecule has 3 aromatic heterocycles. The van der Waals surface area contributed by atoms with Gasteiger partial charge < -0.3 is 5.73 Å². The van der Waals surface area contributed by atoms with E-state index in [0.29, 0.717) is 21.5 Å². The number of nitrogens with zero attached hydrogens (tertiary/aromatic N) is 6. The molecule has 164 valence electrons. The van der Waals surface area contributed by atoms with E-state index in [0.717, 1.165) is 15.3 Å². The number of amides is 1. The molecule has 0 aliphatic rings. The molecule has 0 atom stereocenters. The number of nitrogens with one attached hydrogen (secondary N) is 1. The fourth-order valence-corrected chi connectivity index (χ4v) is 4.53. The summed E-state index contributed by atoms with van der Waals surface area (Å²) < 4.78 is 6.66. The number of hydrogen-bond acceptors (Lipinski definition) is 10. The van der Waals surface area contributed by atoms with E-state index in [2.05, 4.69) is 35.8 Å². The molecule has 4 rings (SSSR count). The smallest absolute Gasteiger partial charge is 0.293 e. The first-order chi connectivity index (χ1) is 15.4. The Morgan fingerprint density at radius 1 is 1.28 bits per heavy atom. The number of anilines is 1. The van der Waals surface area contributed by atoms with Crippen molar-refractivity contribution in [3.05, 3.63) is 62.6 Å². The van der Waals surface area contributed by atoms with Crippen molar-refractivity contribution in [2.45, 2.75) is 24.5 Å². The number of benzene rings is 1. The van der Waals surface area contributed by atoms with Crippen LogP contribution in [0.5, 0.6) is 0 Å². The molecule has 0 saturated carbocycles. The minimum atomic E-state index is -0.521. The molecule has 1 aromatic carbocycles. The van der Waals surface area contributed by atoms with Crippen molar-refractivity contribution in [1.82, 2.24) is 30.7 Å². The monoisotopic (exact) mass is 488 g/mol. The molecule has 0 saturated heterocycles. The van der Waals surface area contributed by atoms with Crippen molar-refractivity contribution in [2.24, 2.45) is 5.10 Å². The van der Waals surface area contributed by atoms with Gasteiger partial charge in [-0.2, -0.15) is 9.78 Å². The fourth-order valence-electron chi connectivity index (χ4n) is 2.65. The lowest BCUT2D eigenvalue weighted by Gasteiger charge is -2.06. The zero-order valence-corrected chi connectivity index (χ0v) is 19.3. The van der Waals surface area contributed by atoms with E-state index >= 15 is 0 Å². The molecule has 4 aromatic rings. The van der Waals surface area contributed by atoms with Gasteiger partial charge in [0.2, 0.25) is 11.6 Å². The number of hydrazone groups is 1. The summed E-state index contributed by atoms with van der Waals surface area (Å²) in [6.45, 7) is 3.79. The number of halogens is 1. The Labute approximate surface area is 195 Å². The van der Waals surface area contributed by atoms with Gasteiger partial charge in [0, 0.05) is 10.6 Å². The van der Waals surface area contributed by atoms with E-state index in [-0.39, 0.29) is 17.3 Å². The third-order valence-corrected chi connectivity index (χ3v) is 6.69. The summed E-state index contributed by atoms with van der Waals surface area (Å²) in [5, 5.41) is 19.6. The minimum absolute atomic E-state index is 0.0342. The predicted molar refractivity (Wildman–Crippen MR) is 123 cm³/mol. The van der Waals surface area contributed by atoms with Crippen molar-refractivity contribution in [3.8, 4) is 5.82 Å². The van der Waals surface area contributed by atoms with E-state index < -0.39 is 5.91 Å². The number of aromatic nitrogens is 5. The highest BCUT2D eigenvalue weighted by Gasteiger charge is 2.24. The average molecular weight is 489 g/mol. The molecule has 0 fully saturated rings. The van der Waals surface area contributed by atoms with Crippen molar-refractivity contribution < 1.29 is 9.42 Å². The van der Waals surface area contributed by atoms with E-state index in [1.807, 2.05) is 37.3 Å². The maximum Gasteiger partial charge on any atom is 0.293 e. The summed E-state index contributed by atoms with van der Waals surface area (Å²) in [7, 11) is 0. The van der Waals surface area contributed by atoms with Gasteiger partial charge in [0.15, 0.2) is 5.69 Å². The van der Waals surface area contributed by atoms with E-state index in [9.17, 15) is 4.79 Å². The molecule has 0 aliphatic carbocycles. The van der Waals surface area contributed by atoms with E-state index in [1.54, 1.807) is 13.0 Å². The van der Waals surface area contributed by atoms with Crippen molar-refractivity contribution >= 4 is 52.1 Å². The van der Waals surface area contributed by atoms with Crippen LogP contribution in [0.1, 0.15) is 33.5 Å². The number of nitrogen functional groups attached to an aromatic ring is 1. The van der Waals surface area contributed by atoms with Gasteiger partial charge in [0.05, 0.1) is 20.6 Å². The van der Waals surface area contributed by atoms with Crippen LogP contribution in [-0.2, 0) is 5.75 Å². The molecule has 10 nitrogen and oxygen atoms in total. The van der Waals surface area contributed by atoms with Crippen LogP contribution in [0, 0.1) is 6.92 Å². The predicted octanol–water partition coefficient (Wildman–Crippen LogP) is 3.70. The lowest BCUT2D eigenvalue weighted by molar-refractivity contribution is 0.0949. The maximum atomic E-state index is 12.9. The molecule has 0 unspecified atom stereocenters. The first-order valence-electron chi connectivity index (χ1n) is 9.25. The van der Waals surface area contributed by atoms with E-state index in [4.69, 9.17) is 17.3 Å². The second-order valence-electron chi connectivity index (χ2n) is 6.61. The van der Waals surface area contributed by atoms with Crippen molar-refractivity contribution in [2.75, 3.05) is 5.73 Å². The molecule has 1 amide bonds. The second-order valence-corrected chi connectivity index (χ2v) is 9.38. The Bertz CT molecular complexity index is 1280. The summed E-state index contributed by atoms with van der Waals surface area (Å²) in [5.41, 5.74) is 10.7. The molecule has 0 spiro atoms. The Morgan fingerprint density at radius 2 is 2.06 bits per heavy atom. The summed E-state index contributed by atoms with van der Waals surface area (Å²) >= 11 is 8.84. The quantitative estimate of drug-likeness (QED) is 0.228. The highest BCUT2D eigenvalue weighted by Crippen LogP contribution is 2.26. The fraction of sp³-hybridized carbons (Fsp3) is 0.158. The molecule has 32 heavy (non-hydrogen) atoms. The van der Waals surface area contributed by atoms with Gasteiger partial charge >= 0.3 is 0 Å². The van der Waals surface area contributed by atoms with Crippen LogP contribution in [0.2, 0.25) is 4.34 Å². The van der Waals surface area contributed by atoms with Crippen LogP contribution in [0.25, 0.3) is 5.82 Å². The largest absolute Gasteiger partial charge is 0.378 e. The zero-order chi connectivity index (χ0) is 22.7. The van der Waals surface area contributed by atoms with Crippen LogP contribution in [-0.4, -0.2) is 36.9 Å². The first kappa shape index (κ1) is 22.0. The number of nitrogens with two attached hydrogens (primary N) is 1. The average Bonchev–Trinajstić information content (AvgIpc) is 3.51. The number of hydrogen-bond donors (Lipinski definition) is 2. The molecule has 13 heteroatoms. The number of rotatable bonds is 7. The molecule has 0 aliphatic heterocycles. The van der Waals surface area contributed by atoms with Crippen LogP contribution in [0.4, 0.5) is 5.82 Å². The van der Waals surface area contributed by atoms with Gasteiger partial charge in [-0.15, -0.1) is 28.2 Å². The third kappa shape index (κ3) is 4.82. The lowest BCUT2D eigenvalue weighted by Crippen LogP contribution is -2.21. The normalized spacial score (nSPS) is 11.7. The summed E-state index contributed by atoms with van der Waals surface area (Å²) in [6.07, 6.45) is 0. The number of aryl methyl sites for hydroxylation is 1. The van der Waals surface area contributed by atoms with Gasteiger partial charge in [-0.3, -0.25) is 4.79 Å². The maximum absolute atomic E-state index is 12.9. The number of thioether (sulfide) groups is 1. The van der Waals surface area contributed by atoms with E-state index in [1.165, 1.54) is 27.8 Å². The number of carbonyl (C=O) groups is 1. The van der Waals surface area contributed by atoms with Gasteiger partial charge in [-0.25, -0.2) is 10.1 Å². The molecule has 3 N–H and O–H groups in total. The second kappa shape index (κ2) is 9.51. The molecule has 3 heterocycles. The SMILES string of the molecule is C/C(=N/NC(=O)c1nnn(-c2nonc2N)c1CSc1ccc(C)cc1)c1ccc(Cl)s1. The van der Waals surface area contributed by atoms with Crippen LogP contribution >= 0.6 is 34.7 Å². The van der Waals surface area contributed by atoms with Crippen LogP contribution < -0.4 is 11.2 Å². The molecular formula is C19H17ClN8O2S2. The Kier molecular flexibility index (Phi) is 6.53. The Morgan fingerprint density at radius 3 is 2.72 bits per heavy atom. The lowest BCUT2D eigenvalue weighted by atomic mass is 10.2. The Balaban J connectivity index is 1.60. The number of carbonyl (C=O) groups excluding carboxylic acids is 1. The first-order valence-corrected chi connectivity index (χ1v) is 11.4. The summed E-state index contributed by atoms with van der Waals surface area (Å²) in [6, 6.07) is 11.6. The molecular weight excluding hydrogens is 472 g/mol. The number of thiophene rings is 1. The summed E-state index contributed by atoms with van der Waals surface area (Å²) in [5.74, 6) is 0.0394. The van der Waals surface area contributed by atoms with Crippen LogP contribution in [0.3, 0.4) is 0 Å². The van der Waals surface area contributed by atoms with Crippen molar-refractivity contribution in [3.63, 3.8) is 0 Å². The highest BCUT2D eigenvalue weighted by atomic mass is 35.5. The highest BCUT2D eigenvalue weighted by molar-refractivity contribution is 7.98. The molecule has 0 bridgehead atoms. The summed E-state index contributed by atoms with van der Waals surface area (Å²) in [4.78, 5) is 14.7. The topological polar surface area (TPSA) is 137 Å². The van der Waals surface area contributed by atoms with Crippen LogP contribution in [0.15, 0.2) is 51.0 Å². The Hall–Kier alpha value is -3.22. The van der Waals surface area contributed by atoms with Gasteiger partial charge in [0.1, 0.15) is 0 Å². The van der Waals surface area contributed by atoms with Gasteiger partial charge in [-0.05, 0) is 48.4 Å². The molecule has 0 radical (unpaired) electrons. The third-order valence-electron chi connectivity index (χ3n) is 4.33. The van der Waals surface area contributed by atoms with Crippen molar-refractivity contribution in [1.29, 1.82) is 0 Å². The van der Waals surface area contributed by atoms with Gasteiger partial charge in [0.25, 0.3) is 5.91 Å². The standard InChI is InChI=1S/C19H17ClN8O2S2/c1-10-3-5-12(6-4-10)31-9-13-16(23-27-28(13)18-17(21)25-30-26-18)19(29)24-22-11(2)14-7-8-15(20)32-14/h3-8H,9H2,1-2H3,(H2,21,25)(H,24,29)/b22-11-.